The first kappa shape index (κ1) is 36.9. The molecule has 0 unspecified atom stereocenters. The highest BCUT2D eigenvalue weighted by molar-refractivity contribution is 5.93. The van der Waals surface area contributed by atoms with Crippen LogP contribution in [0.25, 0.3) is 0 Å². The van der Waals surface area contributed by atoms with E-state index in [-0.39, 0.29) is 24.4 Å². The highest BCUT2D eigenvalue weighted by Gasteiger charge is 2.45. The number of esters is 1. The molecule has 238 valence electrons. The van der Waals surface area contributed by atoms with Gasteiger partial charge in [0, 0.05) is 32.1 Å². The zero-order valence-corrected chi connectivity index (χ0v) is 28.0. The highest BCUT2D eigenvalue weighted by atomic mass is 16.6. The van der Waals surface area contributed by atoms with Gasteiger partial charge in [-0.3, -0.25) is 19.3 Å². The van der Waals surface area contributed by atoms with Gasteiger partial charge in [-0.25, -0.2) is 4.79 Å². The number of amides is 3. The lowest BCUT2D eigenvalue weighted by Crippen LogP contribution is -2.63. The fourth-order valence-corrected chi connectivity index (χ4v) is 4.90. The van der Waals surface area contributed by atoms with Crippen LogP contribution in [-0.4, -0.2) is 91.7 Å². The second-order valence-corrected chi connectivity index (χ2v) is 13.9. The highest BCUT2D eigenvalue weighted by Crippen LogP contribution is 2.32. The monoisotopic (exact) mass is 590 g/mol. The minimum absolute atomic E-state index is 0.0223. The van der Waals surface area contributed by atoms with Crippen LogP contribution in [0.3, 0.4) is 0 Å². The summed E-state index contributed by atoms with van der Waals surface area (Å²) in [5.74, 6) is -1.08. The van der Waals surface area contributed by atoms with Gasteiger partial charge in [-0.05, 0) is 37.7 Å². The van der Waals surface area contributed by atoms with Crippen molar-refractivity contribution < 1.29 is 28.7 Å². The van der Waals surface area contributed by atoms with Crippen molar-refractivity contribution in [2.24, 2.45) is 11.3 Å². The number of nitrogens with zero attached hydrogens (tertiary/aromatic N) is 2. The smallest absolute Gasteiger partial charge is 0.410 e. The summed E-state index contributed by atoms with van der Waals surface area (Å²) in [6.07, 6.45) is -0.640. The van der Waals surface area contributed by atoms with Crippen molar-refractivity contribution in [2.45, 2.75) is 98.4 Å². The minimum Gasteiger partial charge on any atom is -0.468 e. The third-order valence-corrected chi connectivity index (χ3v) is 7.38. The van der Waals surface area contributed by atoms with Crippen molar-refractivity contribution >= 4 is 23.9 Å². The molecular weight excluding hydrogens is 536 g/mol. The van der Waals surface area contributed by atoms with Crippen LogP contribution in [0.2, 0.25) is 0 Å². The average Bonchev–Trinajstić information content (AvgIpc) is 2.87. The van der Waals surface area contributed by atoms with Crippen molar-refractivity contribution in [1.29, 1.82) is 0 Å². The van der Waals surface area contributed by atoms with Crippen molar-refractivity contribution in [2.75, 3.05) is 34.3 Å². The molecule has 0 bridgehead atoms. The fourth-order valence-electron chi connectivity index (χ4n) is 4.90. The van der Waals surface area contributed by atoms with E-state index in [1.165, 1.54) is 12.0 Å². The SMILES string of the molecule is COC(=O)CNC[C@H](C(C)C)N(C)C(=O)[C@@H](NC(=O)[C@@H](N(C)C(=O)OC(C)(C)C)C(C)(C)c1ccccc1)C(C)(C)C. The van der Waals surface area contributed by atoms with Crippen LogP contribution in [0, 0.1) is 11.3 Å². The van der Waals surface area contributed by atoms with Crippen LogP contribution >= 0.6 is 0 Å². The summed E-state index contributed by atoms with van der Waals surface area (Å²) in [6.45, 7) is 19.1. The van der Waals surface area contributed by atoms with Crippen molar-refractivity contribution in [3.05, 3.63) is 35.9 Å². The Bertz CT molecular complexity index is 1060. The molecule has 0 fully saturated rings. The van der Waals surface area contributed by atoms with Crippen molar-refractivity contribution in [1.82, 2.24) is 20.4 Å². The summed E-state index contributed by atoms with van der Waals surface area (Å²) < 4.78 is 10.3. The number of carbonyl (C=O) groups is 4. The molecule has 0 radical (unpaired) electrons. The maximum absolute atomic E-state index is 14.2. The first-order valence-electron chi connectivity index (χ1n) is 14.5. The molecular formula is C32H54N4O6. The first-order valence-corrected chi connectivity index (χ1v) is 14.5. The third-order valence-electron chi connectivity index (χ3n) is 7.38. The van der Waals surface area contributed by atoms with Crippen LogP contribution < -0.4 is 10.6 Å². The Morgan fingerprint density at radius 1 is 0.881 bits per heavy atom. The van der Waals surface area contributed by atoms with Gasteiger partial charge in [-0.1, -0.05) is 78.8 Å². The molecule has 0 saturated heterocycles. The number of benzene rings is 1. The van der Waals surface area contributed by atoms with Crippen molar-refractivity contribution in [3.63, 3.8) is 0 Å². The average molecular weight is 591 g/mol. The van der Waals surface area contributed by atoms with E-state index in [0.717, 1.165) is 5.56 Å². The van der Waals surface area contributed by atoms with Gasteiger partial charge in [0.05, 0.1) is 13.7 Å². The first-order chi connectivity index (χ1) is 19.1. The van der Waals surface area contributed by atoms with Gasteiger partial charge in [0.25, 0.3) is 0 Å². The Labute approximate surface area is 252 Å². The molecule has 10 nitrogen and oxygen atoms in total. The van der Waals surface area contributed by atoms with E-state index in [1.807, 2.05) is 78.8 Å². The number of hydrogen-bond acceptors (Lipinski definition) is 7. The summed E-state index contributed by atoms with van der Waals surface area (Å²) >= 11 is 0. The molecule has 0 spiro atoms. The van der Waals surface area contributed by atoms with Gasteiger partial charge >= 0.3 is 12.1 Å². The molecule has 2 N–H and O–H groups in total. The lowest BCUT2D eigenvalue weighted by Gasteiger charge is -2.42. The van der Waals surface area contributed by atoms with Crippen LogP contribution in [0.1, 0.15) is 74.8 Å². The van der Waals surface area contributed by atoms with Gasteiger partial charge in [-0.2, -0.15) is 0 Å². The van der Waals surface area contributed by atoms with Gasteiger partial charge < -0.3 is 25.0 Å². The second kappa shape index (κ2) is 14.8. The zero-order valence-electron chi connectivity index (χ0n) is 28.0. The number of methoxy groups -OCH3 is 1. The fraction of sp³-hybridized carbons (Fsp3) is 0.688. The Morgan fingerprint density at radius 2 is 1.43 bits per heavy atom. The van der Waals surface area contributed by atoms with E-state index >= 15 is 0 Å². The quantitative estimate of drug-likeness (QED) is 0.354. The normalized spacial score (nSPS) is 14.4. The predicted octanol–water partition coefficient (Wildman–Crippen LogP) is 3.98. The summed E-state index contributed by atoms with van der Waals surface area (Å²) in [4.78, 5) is 56.1. The largest absolute Gasteiger partial charge is 0.468 e. The Kier molecular flexibility index (Phi) is 13.0. The molecule has 0 saturated carbocycles. The van der Waals surface area contributed by atoms with Crippen LogP contribution in [0.5, 0.6) is 0 Å². The van der Waals surface area contributed by atoms with Gasteiger partial charge in [0.2, 0.25) is 11.8 Å². The number of carbonyl (C=O) groups excluding carboxylic acids is 4. The molecule has 42 heavy (non-hydrogen) atoms. The van der Waals surface area contributed by atoms with E-state index in [9.17, 15) is 19.2 Å². The number of ether oxygens (including phenoxy) is 2. The molecule has 10 heteroatoms. The Balaban J connectivity index is 3.45. The topological polar surface area (TPSA) is 117 Å². The second-order valence-electron chi connectivity index (χ2n) is 13.9. The molecule has 3 atom stereocenters. The van der Waals surface area contributed by atoms with Gasteiger partial charge in [-0.15, -0.1) is 0 Å². The maximum atomic E-state index is 14.2. The van der Waals surface area contributed by atoms with Gasteiger partial charge in [0.1, 0.15) is 17.7 Å². The Morgan fingerprint density at radius 3 is 1.88 bits per heavy atom. The molecule has 0 aliphatic heterocycles. The number of rotatable bonds is 12. The molecule has 1 rings (SSSR count). The van der Waals surface area contributed by atoms with E-state index < -0.39 is 46.5 Å². The summed E-state index contributed by atoms with van der Waals surface area (Å²) in [5.41, 5.74) is -1.41. The molecule has 1 aromatic carbocycles. The zero-order chi connectivity index (χ0) is 32.6. The lowest BCUT2D eigenvalue weighted by atomic mass is 9.76. The predicted molar refractivity (Wildman–Crippen MR) is 165 cm³/mol. The minimum atomic E-state index is -1.000. The van der Waals surface area contributed by atoms with Crippen molar-refractivity contribution in [3.8, 4) is 0 Å². The summed E-state index contributed by atoms with van der Waals surface area (Å²) in [5, 5.41) is 6.08. The van der Waals surface area contributed by atoms with Crippen LogP contribution in [0.4, 0.5) is 4.79 Å². The molecule has 3 amide bonds. The molecule has 0 aromatic heterocycles. The lowest BCUT2D eigenvalue weighted by molar-refractivity contribution is -0.142. The number of nitrogens with one attached hydrogen (secondary N) is 2. The van der Waals surface area contributed by atoms with E-state index in [2.05, 4.69) is 10.6 Å². The molecule has 0 aliphatic carbocycles. The summed E-state index contributed by atoms with van der Waals surface area (Å²) in [6, 6.07) is 7.33. The number of likely N-dealkylation sites (N-methyl/N-ethyl adjacent to an activating group) is 2. The van der Waals surface area contributed by atoms with E-state index in [4.69, 9.17) is 9.47 Å². The van der Waals surface area contributed by atoms with Crippen LogP contribution in [0.15, 0.2) is 30.3 Å². The number of hydrogen-bond donors (Lipinski definition) is 2. The third kappa shape index (κ3) is 10.3. The standard InChI is InChI=1S/C32H54N4O6/c1-21(2)23(19-33-20-24(37)41-13)35(11)28(39)25(30(3,4)5)34-27(38)26(36(12)29(40)42-31(6,7)8)32(9,10)22-17-15-14-16-18-22/h14-18,21,23,25-26,33H,19-20H2,1-13H3,(H,34,38)/t23-,25-,26-/m1/s1. The van der Waals surface area contributed by atoms with E-state index in [0.29, 0.717) is 6.54 Å². The molecule has 0 heterocycles. The molecule has 0 aliphatic rings. The summed E-state index contributed by atoms with van der Waals surface area (Å²) in [7, 11) is 4.57. The molecule has 1 aromatic rings. The van der Waals surface area contributed by atoms with Gasteiger partial charge in [0.15, 0.2) is 0 Å². The van der Waals surface area contributed by atoms with Crippen LogP contribution in [-0.2, 0) is 29.3 Å². The van der Waals surface area contributed by atoms with E-state index in [1.54, 1.807) is 39.8 Å². The maximum Gasteiger partial charge on any atom is 0.410 e. The Hall–Kier alpha value is -3.14.